The fourth-order valence-electron chi connectivity index (χ4n) is 1.33. The first-order chi connectivity index (χ1) is 7.66. The Morgan fingerprint density at radius 1 is 1.62 bits per heavy atom. The molecule has 16 heavy (non-hydrogen) atoms. The smallest absolute Gasteiger partial charge is 0.264 e. The third-order valence-electron chi connectivity index (χ3n) is 2.10. The third kappa shape index (κ3) is 2.27. The van der Waals surface area contributed by atoms with Crippen LogP contribution in [0.1, 0.15) is 21.3 Å². The molecule has 0 saturated heterocycles. The summed E-state index contributed by atoms with van der Waals surface area (Å²) in [5, 5.41) is 8.63. The second-order valence-corrected chi connectivity index (χ2v) is 4.42. The maximum absolute atomic E-state index is 11.9. The molecule has 0 saturated carbocycles. The second kappa shape index (κ2) is 4.44. The van der Waals surface area contributed by atoms with Gasteiger partial charge in [0.2, 0.25) is 0 Å². The summed E-state index contributed by atoms with van der Waals surface area (Å²) in [5.74, 6) is 1.38. The second-order valence-electron chi connectivity index (χ2n) is 3.48. The molecule has 6 heteroatoms. The lowest BCUT2D eigenvalue weighted by Crippen LogP contribution is -2.25. The average Bonchev–Trinajstić information content (AvgIpc) is 2.88. The molecule has 0 fully saturated rings. The van der Waals surface area contributed by atoms with Crippen LogP contribution in [-0.4, -0.2) is 33.0 Å². The van der Waals surface area contributed by atoms with Crippen molar-refractivity contribution < 1.29 is 4.79 Å². The van der Waals surface area contributed by atoms with Crippen molar-refractivity contribution in [3.63, 3.8) is 0 Å². The van der Waals surface area contributed by atoms with Gasteiger partial charge in [-0.1, -0.05) is 6.07 Å². The van der Waals surface area contributed by atoms with Gasteiger partial charge in [0.1, 0.15) is 5.82 Å². The Morgan fingerprint density at radius 3 is 3.00 bits per heavy atom. The predicted molar refractivity (Wildman–Crippen MR) is 61.2 cm³/mol. The SMILES string of the molecule is Cc1nc(CN(C)C(=O)c2cccs2)n[nH]1. The molecular weight excluding hydrogens is 224 g/mol. The van der Waals surface area contributed by atoms with Crippen molar-refractivity contribution in [2.75, 3.05) is 7.05 Å². The van der Waals surface area contributed by atoms with Gasteiger partial charge in [-0.2, -0.15) is 5.10 Å². The Balaban J connectivity index is 2.03. The van der Waals surface area contributed by atoms with Crippen molar-refractivity contribution in [2.45, 2.75) is 13.5 Å². The molecule has 0 aliphatic carbocycles. The van der Waals surface area contributed by atoms with Gasteiger partial charge in [-0.05, 0) is 18.4 Å². The van der Waals surface area contributed by atoms with Gasteiger partial charge in [-0.15, -0.1) is 11.3 Å². The van der Waals surface area contributed by atoms with E-state index in [1.54, 1.807) is 11.9 Å². The molecule has 0 radical (unpaired) electrons. The summed E-state index contributed by atoms with van der Waals surface area (Å²) in [6.45, 7) is 2.25. The lowest BCUT2D eigenvalue weighted by molar-refractivity contribution is 0.0786. The summed E-state index contributed by atoms with van der Waals surface area (Å²) in [7, 11) is 1.74. The molecule has 0 aliphatic heterocycles. The van der Waals surface area contributed by atoms with Gasteiger partial charge in [0, 0.05) is 7.05 Å². The van der Waals surface area contributed by atoms with Crippen LogP contribution in [0.25, 0.3) is 0 Å². The van der Waals surface area contributed by atoms with Crippen molar-refractivity contribution in [2.24, 2.45) is 0 Å². The molecule has 0 aromatic carbocycles. The van der Waals surface area contributed by atoms with E-state index in [0.29, 0.717) is 12.4 Å². The quantitative estimate of drug-likeness (QED) is 0.877. The minimum absolute atomic E-state index is 0.00236. The van der Waals surface area contributed by atoms with Crippen molar-refractivity contribution in [1.29, 1.82) is 0 Å². The van der Waals surface area contributed by atoms with Crippen LogP contribution in [0.4, 0.5) is 0 Å². The van der Waals surface area contributed by atoms with Gasteiger partial charge in [0.05, 0.1) is 11.4 Å². The summed E-state index contributed by atoms with van der Waals surface area (Å²) in [4.78, 5) is 18.4. The van der Waals surface area contributed by atoms with Gasteiger partial charge < -0.3 is 4.90 Å². The fraction of sp³-hybridized carbons (Fsp3) is 0.300. The summed E-state index contributed by atoms with van der Waals surface area (Å²) in [5.41, 5.74) is 0. The van der Waals surface area contributed by atoms with E-state index in [9.17, 15) is 4.79 Å². The number of carbonyl (C=O) groups excluding carboxylic acids is 1. The van der Waals surface area contributed by atoms with Crippen LogP contribution in [0, 0.1) is 6.92 Å². The van der Waals surface area contributed by atoms with Crippen molar-refractivity contribution >= 4 is 17.2 Å². The lowest BCUT2D eigenvalue weighted by Gasteiger charge is -2.13. The van der Waals surface area contributed by atoms with Gasteiger partial charge >= 0.3 is 0 Å². The zero-order valence-electron chi connectivity index (χ0n) is 9.10. The van der Waals surface area contributed by atoms with Crippen molar-refractivity contribution in [3.8, 4) is 0 Å². The summed E-state index contributed by atoms with van der Waals surface area (Å²) in [6, 6.07) is 3.68. The molecule has 2 rings (SSSR count). The van der Waals surface area contributed by atoms with Crippen LogP contribution >= 0.6 is 11.3 Å². The van der Waals surface area contributed by atoms with E-state index in [4.69, 9.17) is 0 Å². The largest absolute Gasteiger partial charge is 0.333 e. The van der Waals surface area contributed by atoms with Gasteiger partial charge in [0.15, 0.2) is 5.82 Å². The number of rotatable bonds is 3. The summed E-state index contributed by atoms with van der Waals surface area (Å²) < 4.78 is 0. The first-order valence-corrected chi connectivity index (χ1v) is 5.71. The van der Waals surface area contributed by atoms with Crippen molar-refractivity contribution in [3.05, 3.63) is 34.0 Å². The van der Waals surface area contributed by atoms with Crippen LogP contribution in [0.2, 0.25) is 0 Å². The Hall–Kier alpha value is -1.69. The van der Waals surface area contributed by atoms with E-state index >= 15 is 0 Å². The topological polar surface area (TPSA) is 61.9 Å². The van der Waals surface area contributed by atoms with Crippen LogP contribution < -0.4 is 0 Å². The number of nitrogens with one attached hydrogen (secondary N) is 1. The van der Waals surface area contributed by atoms with E-state index in [1.807, 2.05) is 24.4 Å². The first-order valence-electron chi connectivity index (χ1n) is 4.83. The Morgan fingerprint density at radius 2 is 2.44 bits per heavy atom. The first kappa shape index (κ1) is 10.8. The third-order valence-corrected chi connectivity index (χ3v) is 2.96. The molecule has 84 valence electrons. The highest BCUT2D eigenvalue weighted by Gasteiger charge is 2.14. The van der Waals surface area contributed by atoms with Gasteiger partial charge in [0.25, 0.3) is 5.91 Å². The van der Waals surface area contributed by atoms with Crippen LogP contribution in [-0.2, 0) is 6.54 Å². The van der Waals surface area contributed by atoms with Gasteiger partial charge in [-0.25, -0.2) is 4.98 Å². The molecule has 2 aromatic rings. The van der Waals surface area contributed by atoms with Crippen LogP contribution in [0.5, 0.6) is 0 Å². The molecule has 0 bridgehead atoms. The molecule has 0 spiro atoms. The maximum Gasteiger partial charge on any atom is 0.264 e. The lowest BCUT2D eigenvalue weighted by atomic mass is 10.4. The molecule has 5 nitrogen and oxygen atoms in total. The summed E-state index contributed by atoms with van der Waals surface area (Å²) >= 11 is 1.44. The monoisotopic (exact) mass is 236 g/mol. The highest BCUT2D eigenvalue weighted by Crippen LogP contribution is 2.12. The number of hydrogen-bond donors (Lipinski definition) is 1. The fourth-order valence-corrected chi connectivity index (χ4v) is 2.05. The summed E-state index contributed by atoms with van der Waals surface area (Å²) in [6.07, 6.45) is 0. The predicted octanol–water partition coefficient (Wildman–Crippen LogP) is 1.45. The van der Waals surface area contributed by atoms with Gasteiger partial charge in [-0.3, -0.25) is 9.89 Å². The normalized spacial score (nSPS) is 10.4. The molecule has 0 unspecified atom stereocenters. The number of hydrogen-bond acceptors (Lipinski definition) is 4. The number of nitrogens with zero attached hydrogens (tertiary/aromatic N) is 3. The number of H-pyrrole nitrogens is 1. The molecule has 2 aromatic heterocycles. The number of thiophene rings is 1. The molecule has 2 heterocycles. The number of aromatic amines is 1. The molecule has 0 atom stereocenters. The molecule has 0 aliphatic rings. The Labute approximate surface area is 97.1 Å². The number of carbonyl (C=O) groups is 1. The Kier molecular flexibility index (Phi) is 3.00. The van der Waals surface area contributed by atoms with Crippen molar-refractivity contribution in [1.82, 2.24) is 20.1 Å². The molecule has 1 N–H and O–H groups in total. The van der Waals surface area contributed by atoms with Crippen LogP contribution in [0.3, 0.4) is 0 Å². The maximum atomic E-state index is 11.9. The zero-order chi connectivity index (χ0) is 11.5. The number of amides is 1. The molecule has 1 amide bonds. The highest BCUT2D eigenvalue weighted by molar-refractivity contribution is 7.12. The van der Waals surface area contributed by atoms with E-state index in [-0.39, 0.29) is 5.91 Å². The zero-order valence-corrected chi connectivity index (χ0v) is 9.91. The van der Waals surface area contributed by atoms with E-state index in [1.165, 1.54) is 11.3 Å². The number of aromatic nitrogens is 3. The minimum Gasteiger partial charge on any atom is -0.333 e. The Bertz CT molecular complexity index is 477. The number of aryl methyl sites for hydroxylation is 1. The van der Waals surface area contributed by atoms with E-state index < -0.39 is 0 Å². The molecular formula is C10H12N4OS. The van der Waals surface area contributed by atoms with E-state index in [0.717, 1.165) is 10.7 Å². The van der Waals surface area contributed by atoms with E-state index in [2.05, 4.69) is 15.2 Å². The average molecular weight is 236 g/mol. The highest BCUT2D eigenvalue weighted by atomic mass is 32.1. The minimum atomic E-state index is -0.00236. The standard InChI is InChI=1S/C10H12N4OS/c1-7-11-9(13-12-7)6-14(2)10(15)8-4-3-5-16-8/h3-5H,6H2,1-2H3,(H,11,12,13). The van der Waals surface area contributed by atoms with Crippen LogP contribution in [0.15, 0.2) is 17.5 Å².